The maximum atomic E-state index is 9.59. The summed E-state index contributed by atoms with van der Waals surface area (Å²) >= 11 is 11.8. The fourth-order valence-electron chi connectivity index (χ4n) is 1.17. The van der Waals surface area contributed by atoms with E-state index in [1.165, 1.54) is 0 Å². The van der Waals surface area contributed by atoms with Crippen molar-refractivity contribution >= 4 is 28.9 Å². The largest absolute Gasteiger partial charge is 0.372 e. The van der Waals surface area contributed by atoms with Gasteiger partial charge in [-0.15, -0.1) is 0 Å². The summed E-state index contributed by atoms with van der Waals surface area (Å²) in [4.78, 5) is 0. The zero-order valence-corrected chi connectivity index (χ0v) is 9.87. The van der Waals surface area contributed by atoms with Crippen molar-refractivity contribution in [2.45, 2.75) is 26.5 Å². The molecule has 1 aromatic carbocycles. The van der Waals surface area contributed by atoms with Crippen molar-refractivity contribution in [3.8, 4) is 0 Å². The first-order valence-corrected chi connectivity index (χ1v) is 5.01. The van der Waals surface area contributed by atoms with E-state index in [1.54, 1.807) is 26.0 Å². The number of aliphatic hydroxyl groups is 1. The normalized spacial score (nSPS) is 11.6. The third-order valence-electron chi connectivity index (χ3n) is 1.68. The topological polar surface area (TPSA) is 32.3 Å². The van der Waals surface area contributed by atoms with E-state index in [9.17, 15) is 5.11 Å². The van der Waals surface area contributed by atoms with Crippen molar-refractivity contribution in [1.29, 1.82) is 0 Å². The molecule has 1 aromatic rings. The van der Waals surface area contributed by atoms with Crippen LogP contribution in [0.5, 0.6) is 0 Å². The van der Waals surface area contributed by atoms with Crippen LogP contribution in [0.4, 0.5) is 5.69 Å². The molecular weight excluding hydrogens is 221 g/mol. The summed E-state index contributed by atoms with van der Waals surface area (Å²) in [5.74, 6) is 0. The Labute approximate surface area is 93.8 Å². The lowest BCUT2D eigenvalue weighted by atomic mass is 10.1. The average Bonchev–Trinajstić information content (AvgIpc) is 1.95. The van der Waals surface area contributed by atoms with Gasteiger partial charge in [0.1, 0.15) is 5.72 Å². The van der Waals surface area contributed by atoms with Crippen molar-refractivity contribution in [2.75, 3.05) is 5.32 Å². The van der Waals surface area contributed by atoms with Crippen LogP contribution in [0, 0.1) is 6.92 Å². The Bertz CT molecular complexity index is 321. The maximum absolute atomic E-state index is 9.59. The van der Waals surface area contributed by atoms with Crippen LogP contribution < -0.4 is 5.32 Å². The predicted molar refractivity (Wildman–Crippen MR) is 61.1 cm³/mol. The highest BCUT2D eigenvalue weighted by Crippen LogP contribution is 2.31. The van der Waals surface area contributed by atoms with Gasteiger partial charge in [-0.05, 0) is 38.5 Å². The van der Waals surface area contributed by atoms with E-state index in [1.807, 2.05) is 6.92 Å². The van der Waals surface area contributed by atoms with Gasteiger partial charge in [0.15, 0.2) is 0 Å². The molecule has 14 heavy (non-hydrogen) atoms. The van der Waals surface area contributed by atoms with Crippen molar-refractivity contribution in [3.63, 3.8) is 0 Å². The van der Waals surface area contributed by atoms with Gasteiger partial charge in [0.05, 0.1) is 10.7 Å². The quantitative estimate of drug-likeness (QED) is 0.768. The number of hydrogen-bond acceptors (Lipinski definition) is 2. The van der Waals surface area contributed by atoms with Gasteiger partial charge in [-0.25, -0.2) is 0 Å². The van der Waals surface area contributed by atoms with Gasteiger partial charge in [-0.2, -0.15) is 0 Å². The molecule has 0 unspecified atom stereocenters. The minimum Gasteiger partial charge on any atom is -0.372 e. The van der Waals surface area contributed by atoms with Crippen LogP contribution in [0.15, 0.2) is 12.1 Å². The van der Waals surface area contributed by atoms with E-state index in [2.05, 4.69) is 5.32 Å². The van der Waals surface area contributed by atoms with E-state index < -0.39 is 5.72 Å². The summed E-state index contributed by atoms with van der Waals surface area (Å²) in [5.41, 5.74) is 0.621. The van der Waals surface area contributed by atoms with E-state index in [0.29, 0.717) is 15.7 Å². The third kappa shape index (κ3) is 3.05. The lowest BCUT2D eigenvalue weighted by Gasteiger charge is -2.23. The highest BCUT2D eigenvalue weighted by Gasteiger charge is 2.15. The van der Waals surface area contributed by atoms with E-state index in [0.717, 1.165) is 5.56 Å². The van der Waals surface area contributed by atoms with Crippen molar-refractivity contribution in [2.24, 2.45) is 0 Å². The number of hydrogen-bond donors (Lipinski definition) is 2. The Balaban J connectivity index is 3.09. The number of rotatable bonds is 2. The van der Waals surface area contributed by atoms with Gasteiger partial charge in [-0.3, -0.25) is 0 Å². The second-order valence-corrected chi connectivity index (χ2v) is 4.61. The molecule has 0 heterocycles. The van der Waals surface area contributed by atoms with Crippen LogP contribution in [0.1, 0.15) is 19.4 Å². The Morgan fingerprint density at radius 3 is 2.29 bits per heavy atom. The van der Waals surface area contributed by atoms with E-state index in [4.69, 9.17) is 23.2 Å². The minimum absolute atomic E-state index is 0.511. The summed E-state index contributed by atoms with van der Waals surface area (Å²) < 4.78 is 0. The number of anilines is 1. The molecule has 2 nitrogen and oxygen atoms in total. The minimum atomic E-state index is -0.998. The molecule has 0 atom stereocenters. The first kappa shape index (κ1) is 11.6. The molecule has 0 aliphatic carbocycles. The Hall–Kier alpha value is -0.440. The standard InChI is InChI=1S/C10H13Cl2NO/c1-6-4-7(11)5-8(12)9(6)13-10(2,3)14/h4-5,13-14H,1-3H3. The van der Waals surface area contributed by atoms with Crippen LogP contribution in [0.25, 0.3) is 0 Å². The van der Waals surface area contributed by atoms with Crippen LogP contribution in [-0.2, 0) is 0 Å². The van der Waals surface area contributed by atoms with Gasteiger partial charge < -0.3 is 10.4 Å². The molecule has 0 aliphatic heterocycles. The molecule has 4 heteroatoms. The fourth-order valence-corrected chi connectivity index (χ4v) is 1.81. The summed E-state index contributed by atoms with van der Waals surface area (Å²) in [5, 5.41) is 13.6. The summed E-state index contributed by atoms with van der Waals surface area (Å²) in [6.07, 6.45) is 0. The number of aryl methyl sites for hydroxylation is 1. The average molecular weight is 234 g/mol. The molecule has 2 N–H and O–H groups in total. The monoisotopic (exact) mass is 233 g/mol. The zero-order valence-electron chi connectivity index (χ0n) is 8.36. The van der Waals surface area contributed by atoms with E-state index >= 15 is 0 Å². The fraction of sp³-hybridized carbons (Fsp3) is 0.400. The summed E-state index contributed by atoms with van der Waals surface area (Å²) in [6, 6.07) is 3.44. The second-order valence-electron chi connectivity index (χ2n) is 3.76. The molecule has 0 amide bonds. The Morgan fingerprint density at radius 1 is 1.29 bits per heavy atom. The molecule has 0 saturated carbocycles. The molecule has 0 spiro atoms. The summed E-state index contributed by atoms with van der Waals surface area (Å²) in [6.45, 7) is 5.18. The molecule has 0 radical (unpaired) electrons. The van der Waals surface area contributed by atoms with Crippen molar-refractivity contribution < 1.29 is 5.11 Å². The zero-order chi connectivity index (χ0) is 10.9. The molecule has 78 valence electrons. The van der Waals surface area contributed by atoms with Crippen LogP contribution in [-0.4, -0.2) is 10.8 Å². The van der Waals surface area contributed by atoms with Gasteiger partial charge >= 0.3 is 0 Å². The lowest BCUT2D eigenvalue weighted by molar-refractivity contribution is 0.111. The smallest absolute Gasteiger partial charge is 0.129 e. The van der Waals surface area contributed by atoms with Crippen LogP contribution >= 0.6 is 23.2 Å². The van der Waals surface area contributed by atoms with Crippen LogP contribution in [0.2, 0.25) is 10.0 Å². The first-order valence-electron chi connectivity index (χ1n) is 4.26. The highest BCUT2D eigenvalue weighted by molar-refractivity contribution is 6.36. The van der Waals surface area contributed by atoms with E-state index in [-0.39, 0.29) is 0 Å². The molecule has 0 fully saturated rings. The van der Waals surface area contributed by atoms with Crippen molar-refractivity contribution in [1.82, 2.24) is 0 Å². The molecule has 0 aromatic heterocycles. The Morgan fingerprint density at radius 2 is 1.86 bits per heavy atom. The van der Waals surface area contributed by atoms with Crippen molar-refractivity contribution in [3.05, 3.63) is 27.7 Å². The molecular formula is C10H13Cl2NO. The molecule has 0 aliphatic rings. The first-order chi connectivity index (χ1) is 6.29. The third-order valence-corrected chi connectivity index (χ3v) is 2.20. The maximum Gasteiger partial charge on any atom is 0.129 e. The number of benzene rings is 1. The second kappa shape index (κ2) is 3.97. The molecule has 0 saturated heterocycles. The van der Waals surface area contributed by atoms with Crippen LogP contribution in [0.3, 0.4) is 0 Å². The van der Waals surface area contributed by atoms with Gasteiger partial charge in [0.2, 0.25) is 0 Å². The lowest BCUT2D eigenvalue weighted by Crippen LogP contribution is -2.30. The number of halogens is 2. The van der Waals surface area contributed by atoms with Gasteiger partial charge in [0, 0.05) is 5.02 Å². The SMILES string of the molecule is Cc1cc(Cl)cc(Cl)c1NC(C)(C)O. The van der Waals surface area contributed by atoms with Gasteiger partial charge in [-0.1, -0.05) is 23.2 Å². The highest BCUT2D eigenvalue weighted by atomic mass is 35.5. The molecule has 1 rings (SSSR count). The summed E-state index contributed by atoms with van der Waals surface area (Å²) in [7, 11) is 0. The Kier molecular flexibility index (Phi) is 3.30. The number of nitrogens with one attached hydrogen (secondary N) is 1. The predicted octanol–water partition coefficient (Wildman–Crippen LogP) is 3.44. The van der Waals surface area contributed by atoms with Gasteiger partial charge in [0.25, 0.3) is 0 Å². The molecule has 0 bridgehead atoms.